The summed E-state index contributed by atoms with van der Waals surface area (Å²) in [5, 5.41) is 8.57. The molecule has 0 heterocycles. The summed E-state index contributed by atoms with van der Waals surface area (Å²) in [6.07, 6.45) is -0.0509. The van der Waals surface area contributed by atoms with Crippen molar-refractivity contribution in [1.29, 1.82) is 0 Å². The normalized spacial score (nSPS) is 15.7. The largest absolute Gasteiger partial charge is 0.394 e. The Bertz CT molecular complexity index is 73.5. The molecule has 0 spiro atoms. The SMILES string of the molecule is C[C@H](CO)OC(C)(C)C. The van der Waals surface area contributed by atoms with Gasteiger partial charge in [0.2, 0.25) is 0 Å². The lowest BCUT2D eigenvalue weighted by Gasteiger charge is -2.23. The molecule has 0 aliphatic carbocycles. The van der Waals surface area contributed by atoms with Crippen LogP contribution in [0.25, 0.3) is 0 Å². The van der Waals surface area contributed by atoms with E-state index in [4.69, 9.17) is 9.84 Å². The Morgan fingerprint density at radius 3 is 2.00 bits per heavy atom. The molecule has 1 atom stereocenters. The van der Waals surface area contributed by atoms with Gasteiger partial charge in [-0.1, -0.05) is 0 Å². The minimum Gasteiger partial charge on any atom is -0.394 e. The van der Waals surface area contributed by atoms with Gasteiger partial charge in [0.1, 0.15) is 0 Å². The zero-order valence-corrected chi connectivity index (χ0v) is 6.64. The maximum absolute atomic E-state index is 8.57. The fourth-order valence-electron chi connectivity index (χ4n) is 0.641. The van der Waals surface area contributed by atoms with Crippen LogP contribution in [0.4, 0.5) is 0 Å². The van der Waals surface area contributed by atoms with Gasteiger partial charge in [0.05, 0.1) is 18.3 Å². The Morgan fingerprint density at radius 1 is 1.44 bits per heavy atom. The molecule has 0 amide bonds. The topological polar surface area (TPSA) is 29.5 Å². The number of rotatable bonds is 2. The number of aliphatic hydroxyl groups is 1. The molecule has 0 aliphatic heterocycles. The first kappa shape index (κ1) is 8.92. The monoisotopic (exact) mass is 132 g/mol. The fourth-order valence-corrected chi connectivity index (χ4v) is 0.641. The molecule has 0 bridgehead atoms. The van der Waals surface area contributed by atoms with Crippen LogP contribution in [-0.4, -0.2) is 23.4 Å². The van der Waals surface area contributed by atoms with Crippen molar-refractivity contribution in [2.24, 2.45) is 0 Å². The molecule has 1 N–H and O–H groups in total. The van der Waals surface area contributed by atoms with Gasteiger partial charge in [-0.05, 0) is 27.7 Å². The van der Waals surface area contributed by atoms with E-state index in [2.05, 4.69) is 0 Å². The molecule has 0 fully saturated rings. The number of ether oxygens (including phenoxy) is 1. The van der Waals surface area contributed by atoms with Gasteiger partial charge in [-0.25, -0.2) is 0 Å². The highest BCUT2D eigenvalue weighted by Gasteiger charge is 2.13. The van der Waals surface area contributed by atoms with Crippen molar-refractivity contribution >= 4 is 0 Å². The van der Waals surface area contributed by atoms with E-state index in [1.54, 1.807) is 0 Å². The first-order valence-electron chi connectivity index (χ1n) is 3.24. The molecule has 0 rings (SSSR count). The van der Waals surface area contributed by atoms with Crippen LogP contribution >= 0.6 is 0 Å². The van der Waals surface area contributed by atoms with E-state index < -0.39 is 0 Å². The van der Waals surface area contributed by atoms with E-state index in [-0.39, 0.29) is 18.3 Å². The Labute approximate surface area is 56.8 Å². The average Bonchev–Trinajstić information content (AvgIpc) is 1.62. The molecule has 56 valence electrons. The van der Waals surface area contributed by atoms with Gasteiger partial charge >= 0.3 is 0 Å². The van der Waals surface area contributed by atoms with E-state index in [0.29, 0.717) is 0 Å². The molecule has 0 saturated carbocycles. The highest BCUT2D eigenvalue weighted by molar-refractivity contribution is 4.61. The maximum atomic E-state index is 8.57. The summed E-state index contributed by atoms with van der Waals surface area (Å²) in [6.45, 7) is 7.86. The van der Waals surface area contributed by atoms with E-state index in [1.165, 1.54) is 0 Å². The van der Waals surface area contributed by atoms with Crippen LogP contribution in [0, 0.1) is 0 Å². The lowest BCUT2D eigenvalue weighted by molar-refractivity contribution is -0.0709. The van der Waals surface area contributed by atoms with Crippen LogP contribution in [0.15, 0.2) is 0 Å². The summed E-state index contributed by atoms with van der Waals surface area (Å²) in [6, 6.07) is 0. The maximum Gasteiger partial charge on any atom is 0.0784 e. The van der Waals surface area contributed by atoms with Crippen LogP contribution in [0.2, 0.25) is 0 Å². The zero-order chi connectivity index (χ0) is 7.49. The van der Waals surface area contributed by atoms with Crippen LogP contribution in [0.5, 0.6) is 0 Å². The first-order valence-corrected chi connectivity index (χ1v) is 3.24. The van der Waals surface area contributed by atoms with Crippen molar-refractivity contribution in [1.82, 2.24) is 0 Å². The summed E-state index contributed by atoms with van der Waals surface area (Å²) < 4.78 is 5.34. The second-order valence-corrected chi connectivity index (χ2v) is 3.22. The van der Waals surface area contributed by atoms with Crippen LogP contribution in [0.1, 0.15) is 27.7 Å². The molecule has 0 aliphatic rings. The molecule has 9 heavy (non-hydrogen) atoms. The van der Waals surface area contributed by atoms with Crippen molar-refractivity contribution in [2.75, 3.05) is 6.61 Å². The fraction of sp³-hybridized carbons (Fsp3) is 1.00. The lowest BCUT2D eigenvalue weighted by atomic mass is 10.2. The first-order chi connectivity index (χ1) is 3.95. The van der Waals surface area contributed by atoms with Crippen molar-refractivity contribution in [3.8, 4) is 0 Å². The van der Waals surface area contributed by atoms with Crippen molar-refractivity contribution in [2.45, 2.75) is 39.4 Å². The average molecular weight is 132 g/mol. The summed E-state index contributed by atoms with van der Waals surface area (Å²) >= 11 is 0. The Balaban J connectivity index is 3.47. The van der Waals surface area contributed by atoms with E-state index >= 15 is 0 Å². The molecule has 0 radical (unpaired) electrons. The van der Waals surface area contributed by atoms with E-state index in [0.717, 1.165) is 0 Å². The van der Waals surface area contributed by atoms with Crippen molar-refractivity contribution < 1.29 is 9.84 Å². The Hall–Kier alpha value is -0.0800. The second-order valence-electron chi connectivity index (χ2n) is 3.22. The molecular formula is C7H16O2. The molecule has 2 heteroatoms. The summed E-state index contributed by atoms with van der Waals surface area (Å²) in [4.78, 5) is 0. The van der Waals surface area contributed by atoms with Gasteiger partial charge in [-0.15, -0.1) is 0 Å². The van der Waals surface area contributed by atoms with Gasteiger partial charge in [0.15, 0.2) is 0 Å². The van der Waals surface area contributed by atoms with E-state index in [1.807, 2.05) is 27.7 Å². The number of hydrogen-bond donors (Lipinski definition) is 1. The number of aliphatic hydroxyl groups excluding tert-OH is 1. The quantitative estimate of drug-likeness (QED) is 0.611. The lowest BCUT2D eigenvalue weighted by Crippen LogP contribution is -2.27. The molecule has 0 aromatic carbocycles. The molecule has 0 saturated heterocycles. The van der Waals surface area contributed by atoms with Crippen molar-refractivity contribution in [3.63, 3.8) is 0 Å². The third-order valence-electron chi connectivity index (χ3n) is 0.812. The smallest absolute Gasteiger partial charge is 0.0784 e. The van der Waals surface area contributed by atoms with Crippen LogP contribution in [0.3, 0.4) is 0 Å². The Morgan fingerprint density at radius 2 is 1.89 bits per heavy atom. The summed E-state index contributed by atoms with van der Waals surface area (Å²) in [7, 11) is 0. The predicted octanol–water partition coefficient (Wildman–Crippen LogP) is 1.18. The molecule has 0 aromatic heterocycles. The van der Waals surface area contributed by atoms with Gasteiger partial charge in [0.25, 0.3) is 0 Å². The van der Waals surface area contributed by atoms with Gasteiger partial charge < -0.3 is 9.84 Å². The highest BCUT2D eigenvalue weighted by Crippen LogP contribution is 2.09. The van der Waals surface area contributed by atoms with Gasteiger partial charge in [0, 0.05) is 0 Å². The third-order valence-corrected chi connectivity index (χ3v) is 0.812. The second kappa shape index (κ2) is 3.18. The van der Waals surface area contributed by atoms with Crippen molar-refractivity contribution in [3.05, 3.63) is 0 Å². The summed E-state index contributed by atoms with van der Waals surface area (Å²) in [5.41, 5.74) is -0.137. The third kappa shape index (κ3) is 5.80. The van der Waals surface area contributed by atoms with Gasteiger partial charge in [-0.3, -0.25) is 0 Å². The van der Waals surface area contributed by atoms with Crippen LogP contribution in [-0.2, 0) is 4.74 Å². The zero-order valence-electron chi connectivity index (χ0n) is 6.64. The molecule has 0 unspecified atom stereocenters. The molecular weight excluding hydrogens is 116 g/mol. The minimum atomic E-state index is -0.137. The van der Waals surface area contributed by atoms with E-state index in [9.17, 15) is 0 Å². The molecule has 0 aromatic rings. The molecule has 2 nitrogen and oxygen atoms in total. The standard InChI is InChI=1S/C7H16O2/c1-6(5-8)9-7(2,3)4/h6,8H,5H2,1-4H3/t6-/m1/s1. The van der Waals surface area contributed by atoms with Gasteiger partial charge in [-0.2, -0.15) is 0 Å². The highest BCUT2D eigenvalue weighted by atomic mass is 16.5. The number of hydrogen-bond acceptors (Lipinski definition) is 2. The Kier molecular flexibility index (Phi) is 3.15. The van der Waals surface area contributed by atoms with Crippen LogP contribution < -0.4 is 0 Å². The summed E-state index contributed by atoms with van der Waals surface area (Å²) in [5.74, 6) is 0. The minimum absolute atomic E-state index is 0.0509. The predicted molar refractivity (Wildman–Crippen MR) is 37.4 cm³/mol.